The van der Waals surface area contributed by atoms with Crippen LogP contribution >= 0.6 is 12.2 Å². The highest BCUT2D eigenvalue weighted by Gasteiger charge is 2.29. The fourth-order valence-corrected chi connectivity index (χ4v) is 2.52. The van der Waals surface area contributed by atoms with E-state index >= 15 is 0 Å². The van der Waals surface area contributed by atoms with Gasteiger partial charge in [0, 0.05) is 19.5 Å². The van der Waals surface area contributed by atoms with E-state index in [1.165, 1.54) is 12.1 Å². The van der Waals surface area contributed by atoms with E-state index in [0.29, 0.717) is 29.8 Å². The molecule has 0 bridgehead atoms. The number of nitrogens with one attached hydrogen (secondary N) is 2. The predicted octanol–water partition coefficient (Wildman–Crippen LogP) is 2.88. The molecule has 0 saturated heterocycles. The van der Waals surface area contributed by atoms with Crippen LogP contribution in [0, 0.1) is 4.77 Å². The van der Waals surface area contributed by atoms with E-state index in [2.05, 4.69) is 15.5 Å². The van der Waals surface area contributed by atoms with Crippen molar-refractivity contribution in [2.45, 2.75) is 32.5 Å². The maximum absolute atomic E-state index is 12.5. The zero-order chi connectivity index (χ0) is 17.7. The van der Waals surface area contributed by atoms with Crippen LogP contribution in [0.1, 0.15) is 23.9 Å². The number of H-pyrrole nitrogens is 1. The third-order valence-electron chi connectivity index (χ3n) is 3.47. The van der Waals surface area contributed by atoms with Gasteiger partial charge in [0.1, 0.15) is 5.82 Å². The van der Waals surface area contributed by atoms with Crippen LogP contribution in [0.15, 0.2) is 24.3 Å². The lowest BCUT2D eigenvalue weighted by atomic mass is 10.1. The lowest BCUT2D eigenvalue weighted by molar-refractivity contribution is -0.137. The molecule has 0 aliphatic rings. The molecule has 0 radical (unpaired) electrons. The molecule has 9 heteroatoms. The predicted molar refractivity (Wildman–Crippen MR) is 84.9 cm³/mol. The number of carbonyl (C=O) groups excluding carboxylic acids is 1. The Balaban J connectivity index is 1.84. The second-order valence-electron chi connectivity index (χ2n) is 5.16. The van der Waals surface area contributed by atoms with Crippen molar-refractivity contribution in [2.75, 3.05) is 6.54 Å². The zero-order valence-electron chi connectivity index (χ0n) is 13.0. The number of alkyl halides is 3. The minimum Gasteiger partial charge on any atom is -0.355 e. The average molecular weight is 358 g/mol. The molecular weight excluding hydrogens is 341 g/mol. The van der Waals surface area contributed by atoms with Crippen molar-refractivity contribution in [1.82, 2.24) is 20.1 Å². The fraction of sp³-hybridized carbons (Fsp3) is 0.400. The maximum Gasteiger partial charge on any atom is 0.416 e. The van der Waals surface area contributed by atoms with Crippen LogP contribution in [0.25, 0.3) is 0 Å². The van der Waals surface area contributed by atoms with Gasteiger partial charge in [0.25, 0.3) is 0 Å². The minimum absolute atomic E-state index is 0.0266. The summed E-state index contributed by atoms with van der Waals surface area (Å²) in [7, 11) is 0. The number of amides is 1. The highest BCUT2D eigenvalue weighted by molar-refractivity contribution is 7.71. The SMILES string of the molecule is CCn1c(CCNC(=O)Cc2ccc(C(F)(F)F)cc2)n[nH]c1=S. The molecule has 2 N–H and O–H groups in total. The van der Waals surface area contributed by atoms with Crippen molar-refractivity contribution in [1.29, 1.82) is 0 Å². The molecule has 0 aliphatic carbocycles. The monoisotopic (exact) mass is 358 g/mol. The van der Waals surface area contributed by atoms with Crippen molar-refractivity contribution >= 4 is 18.1 Å². The Morgan fingerprint density at radius 2 is 2.00 bits per heavy atom. The quantitative estimate of drug-likeness (QED) is 0.781. The number of aromatic nitrogens is 3. The van der Waals surface area contributed by atoms with E-state index in [1.54, 1.807) is 0 Å². The summed E-state index contributed by atoms with van der Waals surface area (Å²) in [6.07, 6.45) is -3.83. The summed E-state index contributed by atoms with van der Waals surface area (Å²) in [6.45, 7) is 3.00. The Morgan fingerprint density at radius 1 is 1.33 bits per heavy atom. The number of carbonyl (C=O) groups is 1. The lowest BCUT2D eigenvalue weighted by Gasteiger charge is -2.08. The van der Waals surface area contributed by atoms with Crippen LogP contribution in [0.2, 0.25) is 0 Å². The molecule has 130 valence electrons. The van der Waals surface area contributed by atoms with Gasteiger partial charge in [-0.2, -0.15) is 18.3 Å². The smallest absolute Gasteiger partial charge is 0.355 e. The maximum atomic E-state index is 12.5. The molecule has 1 aromatic heterocycles. The van der Waals surface area contributed by atoms with Gasteiger partial charge in [0.2, 0.25) is 5.91 Å². The lowest BCUT2D eigenvalue weighted by Crippen LogP contribution is -2.28. The Morgan fingerprint density at radius 3 is 2.58 bits per heavy atom. The van der Waals surface area contributed by atoms with E-state index in [0.717, 1.165) is 18.0 Å². The second-order valence-corrected chi connectivity index (χ2v) is 5.55. The van der Waals surface area contributed by atoms with Crippen LogP contribution in [-0.2, 0) is 30.4 Å². The number of nitrogens with zero attached hydrogens (tertiary/aromatic N) is 2. The third kappa shape index (κ3) is 4.67. The average Bonchev–Trinajstić information content (AvgIpc) is 2.87. The van der Waals surface area contributed by atoms with Crippen LogP contribution < -0.4 is 5.32 Å². The summed E-state index contributed by atoms with van der Waals surface area (Å²) in [5.74, 6) is 0.490. The van der Waals surface area contributed by atoms with E-state index < -0.39 is 11.7 Å². The molecule has 2 aromatic rings. The third-order valence-corrected chi connectivity index (χ3v) is 3.78. The Hall–Kier alpha value is -2.16. The fourth-order valence-electron chi connectivity index (χ4n) is 2.24. The van der Waals surface area contributed by atoms with Gasteiger partial charge in [-0.25, -0.2) is 0 Å². The summed E-state index contributed by atoms with van der Waals surface area (Å²) in [4.78, 5) is 11.9. The summed E-state index contributed by atoms with van der Waals surface area (Å²) in [5, 5.41) is 9.51. The molecule has 0 aliphatic heterocycles. The van der Waals surface area contributed by atoms with E-state index in [4.69, 9.17) is 12.2 Å². The Labute approximate surface area is 141 Å². The van der Waals surface area contributed by atoms with Crippen molar-refractivity contribution < 1.29 is 18.0 Å². The van der Waals surface area contributed by atoms with E-state index in [9.17, 15) is 18.0 Å². The van der Waals surface area contributed by atoms with E-state index in [1.807, 2.05) is 11.5 Å². The molecule has 1 heterocycles. The highest BCUT2D eigenvalue weighted by Crippen LogP contribution is 2.29. The van der Waals surface area contributed by atoms with Crippen LogP contribution in [0.3, 0.4) is 0 Å². The van der Waals surface area contributed by atoms with Crippen molar-refractivity contribution in [3.8, 4) is 0 Å². The Bertz CT molecular complexity index is 749. The van der Waals surface area contributed by atoms with E-state index in [-0.39, 0.29) is 12.3 Å². The number of benzene rings is 1. The highest BCUT2D eigenvalue weighted by atomic mass is 32.1. The summed E-state index contributed by atoms with van der Waals surface area (Å²) in [6, 6.07) is 4.57. The molecule has 0 unspecified atom stereocenters. The van der Waals surface area contributed by atoms with Crippen molar-refractivity contribution in [3.05, 3.63) is 46.0 Å². The topological polar surface area (TPSA) is 62.7 Å². The zero-order valence-corrected chi connectivity index (χ0v) is 13.8. The minimum atomic E-state index is -4.37. The molecule has 24 heavy (non-hydrogen) atoms. The molecule has 0 atom stereocenters. The molecule has 0 saturated carbocycles. The molecule has 2 rings (SSSR count). The summed E-state index contributed by atoms with van der Waals surface area (Å²) >= 11 is 5.07. The number of halogens is 3. The first kappa shape index (κ1) is 18.2. The van der Waals surface area contributed by atoms with Gasteiger partial charge in [-0.3, -0.25) is 9.89 Å². The number of rotatable bonds is 6. The summed E-state index contributed by atoms with van der Waals surface area (Å²) in [5.41, 5.74) is -0.203. The van der Waals surface area contributed by atoms with Gasteiger partial charge in [-0.15, -0.1) is 0 Å². The van der Waals surface area contributed by atoms with Gasteiger partial charge in [-0.1, -0.05) is 12.1 Å². The number of hydrogen-bond acceptors (Lipinski definition) is 3. The summed E-state index contributed by atoms with van der Waals surface area (Å²) < 4.78 is 39.8. The molecular formula is C15H17F3N4OS. The number of hydrogen-bond donors (Lipinski definition) is 2. The van der Waals surface area contributed by atoms with Crippen molar-refractivity contribution in [3.63, 3.8) is 0 Å². The Kier molecular flexibility index (Phi) is 5.76. The van der Waals surface area contributed by atoms with Crippen LogP contribution in [0.5, 0.6) is 0 Å². The van der Waals surface area contributed by atoms with Crippen LogP contribution in [-0.4, -0.2) is 27.2 Å². The standard InChI is InChI=1S/C15H17F3N4OS/c1-2-22-12(20-21-14(22)24)7-8-19-13(23)9-10-3-5-11(6-4-10)15(16,17)18/h3-6H,2,7-9H2,1H3,(H,19,23)(H,21,24). The molecule has 5 nitrogen and oxygen atoms in total. The van der Waals surface area contributed by atoms with Crippen molar-refractivity contribution in [2.24, 2.45) is 0 Å². The van der Waals surface area contributed by atoms with Crippen LogP contribution in [0.4, 0.5) is 13.2 Å². The molecule has 1 aromatic carbocycles. The first-order chi connectivity index (χ1) is 11.3. The normalized spacial score (nSPS) is 11.5. The van der Waals surface area contributed by atoms with Gasteiger partial charge in [0.05, 0.1) is 12.0 Å². The molecule has 0 fully saturated rings. The second kappa shape index (κ2) is 7.61. The first-order valence-corrected chi connectivity index (χ1v) is 7.79. The van der Waals surface area contributed by atoms with Gasteiger partial charge in [0.15, 0.2) is 4.77 Å². The number of aromatic amines is 1. The van der Waals surface area contributed by atoms with Gasteiger partial charge < -0.3 is 9.88 Å². The first-order valence-electron chi connectivity index (χ1n) is 7.38. The largest absolute Gasteiger partial charge is 0.416 e. The van der Waals surface area contributed by atoms with Gasteiger partial charge in [-0.05, 0) is 36.8 Å². The molecule has 0 spiro atoms. The van der Waals surface area contributed by atoms with Gasteiger partial charge >= 0.3 is 6.18 Å². The molecule has 1 amide bonds.